The smallest absolute Gasteiger partial charge is 0.303 e. The topological polar surface area (TPSA) is 113 Å². The first-order valence-corrected chi connectivity index (χ1v) is 20.6. The van der Waals surface area contributed by atoms with Crippen molar-refractivity contribution >= 4 is 5.97 Å². The summed E-state index contributed by atoms with van der Waals surface area (Å²) in [5, 5.41) is 21.1. The molecular formula is C41H66O9. The first kappa shape index (κ1) is 36.2. The van der Waals surface area contributed by atoms with Crippen LogP contribution in [0.15, 0.2) is 0 Å². The first-order chi connectivity index (χ1) is 23.8. The van der Waals surface area contributed by atoms with E-state index in [1.165, 1.54) is 32.1 Å². The van der Waals surface area contributed by atoms with Gasteiger partial charge in [0.1, 0.15) is 0 Å². The molecule has 2 N–H and O–H groups in total. The number of hydrogen-bond donors (Lipinski definition) is 2. The van der Waals surface area contributed by atoms with Crippen LogP contribution in [0, 0.1) is 70.0 Å². The van der Waals surface area contributed by atoms with Crippen molar-refractivity contribution in [3.05, 3.63) is 0 Å². The van der Waals surface area contributed by atoms with Gasteiger partial charge in [0, 0.05) is 24.7 Å². The molecule has 18 atom stereocenters. The van der Waals surface area contributed by atoms with Crippen LogP contribution in [-0.2, 0) is 33.5 Å². The predicted molar refractivity (Wildman–Crippen MR) is 185 cm³/mol. The maximum Gasteiger partial charge on any atom is 0.303 e. The van der Waals surface area contributed by atoms with Crippen LogP contribution in [0.3, 0.4) is 0 Å². The molecule has 0 radical (unpaired) electrons. The van der Waals surface area contributed by atoms with Crippen LogP contribution in [-0.4, -0.2) is 65.6 Å². The number of hydrogen-bond acceptors (Lipinski definition) is 8. The van der Waals surface area contributed by atoms with Crippen LogP contribution < -0.4 is 0 Å². The molecule has 4 aliphatic heterocycles. The molecule has 5 aliphatic carbocycles. The molecule has 0 aromatic heterocycles. The third kappa shape index (κ3) is 5.68. The van der Waals surface area contributed by atoms with Crippen molar-refractivity contribution in [3.63, 3.8) is 0 Å². The van der Waals surface area contributed by atoms with Crippen molar-refractivity contribution in [2.75, 3.05) is 13.2 Å². The van der Waals surface area contributed by atoms with Crippen LogP contribution in [0.1, 0.15) is 131 Å². The summed E-state index contributed by atoms with van der Waals surface area (Å²) in [5.74, 6) is 2.73. The summed E-state index contributed by atoms with van der Waals surface area (Å²) in [6, 6.07) is 0. The van der Waals surface area contributed by atoms with E-state index in [0.29, 0.717) is 60.6 Å². The fourth-order valence-electron chi connectivity index (χ4n) is 14.3. The highest BCUT2D eigenvalue weighted by Gasteiger charge is 2.70. The number of aliphatic carboxylic acids is 1. The monoisotopic (exact) mass is 702 g/mol. The maximum atomic E-state index is 11.8. The zero-order valence-electron chi connectivity index (χ0n) is 31.6. The van der Waals surface area contributed by atoms with Gasteiger partial charge in [-0.3, -0.25) is 4.79 Å². The minimum Gasteiger partial charge on any atom is -0.481 e. The van der Waals surface area contributed by atoms with E-state index in [0.717, 1.165) is 51.4 Å². The quantitative estimate of drug-likeness (QED) is 0.184. The lowest BCUT2D eigenvalue weighted by Gasteiger charge is -2.62. The normalized spacial score (nSPS) is 54.5. The molecule has 5 saturated carbocycles. The molecule has 9 heteroatoms. The molecule has 50 heavy (non-hydrogen) atoms. The number of ether oxygens (including phenoxy) is 4. The van der Waals surface area contributed by atoms with Gasteiger partial charge in [-0.15, -0.1) is 0 Å². The van der Waals surface area contributed by atoms with Crippen molar-refractivity contribution in [1.29, 1.82) is 0 Å². The highest BCUT2D eigenvalue weighted by Crippen LogP contribution is 2.68. The van der Waals surface area contributed by atoms with E-state index in [9.17, 15) is 15.0 Å². The van der Waals surface area contributed by atoms with Gasteiger partial charge < -0.3 is 29.2 Å². The van der Waals surface area contributed by atoms with Gasteiger partial charge in [-0.25, -0.2) is 9.78 Å². The zero-order chi connectivity index (χ0) is 35.2. The summed E-state index contributed by atoms with van der Waals surface area (Å²) in [6.45, 7) is 14.8. The highest BCUT2D eigenvalue weighted by atomic mass is 17.3. The summed E-state index contributed by atoms with van der Waals surface area (Å²) < 4.78 is 26.1. The zero-order valence-corrected chi connectivity index (χ0v) is 31.6. The molecule has 0 aromatic rings. The molecule has 9 aliphatic rings. The molecule has 0 unspecified atom stereocenters. The number of carbonyl (C=O) groups is 1. The van der Waals surface area contributed by atoms with Gasteiger partial charge in [0.2, 0.25) is 5.79 Å². The lowest BCUT2D eigenvalue weighted by molar-refractivity contribution is -0.577. The van der Waals surface area contributed by atoms with E-state index >= 15 is 0 Å². The fraction of sp³-hybridized carbons (Fsp3) is 0.976. The van der Waals surface area contributed by atoms with Crippen LogP contribution in [0.5, 0.6) is 0 Å². The standard InChI is InChI=1S/C41H66O9/c1-23(8-12-34(43)44)28-10-11-31-35-32(14-17-39(28,31)5)38(4)16-13-27(21-26(38)22-33(35)42)45-19-20-46-36-25(3)30-9-7-24(2)29-15-18-40(6)48-37(47-36)41(29,30)50-49-40/h23-33,35-37,42H,7-22H2,1-6H3,(H,43,44)/t23-,24-,25-,26+,27-,28-,29+,30+,31+,32+,33+,35+,36+,37-,38+,39-,40+,41-/m1/s1. The second-order valence-corrected chi connectivity index (χ2v) is 19.3. The number of aliphatic hydroxyl groups excluding tert-OH is 1. The molecule has 9 rings (SSSR count). The van der Waals surface area contributed by atoms with Gasteiger partial charge in [-0.2, -0.15) is 0 Å². The van der Waals surface area contributed by atoms with E-state index in [1.54, 1.807) is 0 Å². The van der Waals surface area contributed by atoms with Crippen molar-refractivity contribution in [1.82, 2.24) is 0 Å². The summed E-state index contributed by atoms with van der Waals surface area (Å²) in [7, 11) is 0. The van der Waals surface area contributed by atoms with Gasteiger partial charge >= 0.3 is 5.97 Å². The Bertz CT molecular complexity index is 1260. The van der Waals surface area contributed by atoms with E-state index in [4.69, 9.17) is 28.7 Å². The fourth-order valence-corrected chi connectivity index (χ4v) is 14.3. The van der Waals surface area contributed by atoms with Crippen molar-refractivity contribution < 1.29 is 43.7 Å². The Kier molecular flexibility index (Phi) is 9.55. The van der Waals surface area contributed by atoms with E-state index in [-0.39, 0.29) is 47.6 Å². The van der Waals surface area contributed by atoms with Crippen LogP contribution in [0.4, 0.5) is 0 Å². The summed E-state index contributed by atoms with van der Waals surface area (Å²) in [6.07, 6.45) is 13.0. The average molecular weight is 703 g/mol. The number of rotatable bonds is 9. The third-order valence-electron chi connectivity index (χ3n) is 17.0. The molecule has 9 fully saturated rings. The second kappa shape index (κ2) is 13.2. The van der Waals surface area contributed by atoms with Gasteiger partial charge in [0.15, 0.2) is 18.2 Å². The Balaban J connectivity index is 0.857. The SMILES string of the molecule is C[C@H]1[C@@H](OCCO[C@@H]2CC[C@@]3(C)[C@@H](C2)C[C@H](O)[C@@H]2[C@@H]3CC[C@]3(C)[C@@H]([C@H](C)CCC(=O)O)CC[C@@H]23)O[C@@H]2O[C@]3(C)CC[C@H]4[C@H](C)CC[C@@H]1[C@@]24OO3. The molecule has 1 spiro atoms. The Labute approximate surface area is 300 Å². The Hall–Kier alpha value is -0.810. The van der Waals surface area contributed by atoms with Crippen molar-refractivity contribution in [2.45, 2.75) is 168 Å². The van der Waals surface area contributed by atoms with E-state index < -0.39 is 23.6 Å². The molecule has 2 bridgehead atoms. The lowest BCUT2D eigenvalue weighted by Crippen LogP contribution is -2.70. The average Bonchev–Trinajstić information content (AvgIpc) is 3.27. The Morgan fingerprint density at radius 2 is 1.56 bits per heavy atom. The van der Waals surface area contributed by atoms with Gasteiger partial charge in [0.05, 0.1) is 25.4 Å². The Morgan fingerprint density at radius 3 is 2.36 bits per heavy atom. The molecule has 4 heterocycles. The largest absolute Gasteiger partial charge is 0.481 e. The summed E-state index contributed by atoms with van der Waals surface area (Å²) in [4.78, 5) is 23.6. The third-order valence-corrected chi connectivity index (χ3v) is 17.0. The second-order valence-electron chi connectivity index (χ2n) is 19.3. The molecule has 0 aromatic carbocycles. The van der Waals surface area contributed by atoms with Gasteiger partial charge in [-0.1, -0.05) is 34.6 Å². The molecule has 9 nitrogen and oxygen atoms in total. The van der Waals surface area contributed by atoms with Crippen molar-refractivity contribution in [2.24, 2.45) is 70.0 Å². The van der Waals surface area contributed by atoms with Gasteiger partial charge in [-0.05, 0) is 142 Å². The number of carboxylic acids is 1. The van der Waals surface area contributed by atoms with E-state index in [1.807, 2.05) is 6.92 Å². The summed E-state index contributed by atoms with van der Waals surface area (Å²) in [5.41, 5.74) is -0.119. The Morgan fingerprint density at radius 1 is 0.840 bits per heavy atom. The number of carboxylic acid groups (broad SMARTS) is 1. The summed E-state index contributed by atoms with van der Waals surface area (Å²) >= 11 is 0. The number of fused-ring (bicyclic) bond motifs is 7. The highest BCUT2D eigenvalue weighted by molar-refractivity contribution is 5.66. The molecular weight excluding hydrogens is 636 g/mol. The van der Waals surface area contributed by atoms with Crippen LogP contribution >= 0.6 is 0 Å². The minimum absolute atomic E-state index is 0.156. The van der Waals surface area contributed by atoms with Crippen LogP contribution in [0.2, 0.25) is 0 Å². The predicted octanol–water partition coefficient (Wildman–Crippen LogP) is 7.73. The van der Waals surface area contributed by atoms with Gasteiger partial charge in [0.25, 0.3) is 0 Å². The lowest BCUT2D eigenvalue weighted by atomic mass is 9.43. The molecule has 284 valence electrons. The minimum atomic E-state index is -0.785. The first-order valence-electron chi connectivity index (χ1n) is 20.6. The molecule has 0 amide bonds. The van der Waals surface area contributed by atoms with E-state index in [2.05, 4.69) is 34.6 Å². The maximum absolute atomic E-state index is 11.8. The number of aliphatic hydroxyl groups is 1. The van der Waals surface area contributed by atoms with Crippen LogP contribution in [0.25, 0.3) is 0 Å². The van der Waals surface area contributed by atoms with Crippen molar-refractivity contribution in [3.8, 4) is 0 Å². The molecule has 4 saturated heterocycles.